The van der Waals surface area contributed by atoms with Crippen LogP contribution in [0, 0.1) is 11.3 Å². The predicted octanol–water partition coefficient (Wildman–Crippen LogP) is 1.37. The van der Waals surface area contributed by atoms with Crippen LogP contribution in [0.3, 0.4) is 0 Å². The third kappa shape index (κ3) is 4.00. The van der Waals surface area contributed by atoms with Crippen molar-refractivity contribution >= 4 is 17.5 Å². The van der Waals surface area contributed by atoms with Gasteiger partial charge >= 0.3 is 0 Å². The Labute approximate surface area is 126 Å². The maximum atomic E-state index is 11.9. The summed E-state index contributed by atoms with van der Waals surface area (Å²) < 4.78 is 0. The van der Waals surface area contributed by atoms with Gasteiger partial charge in [-0.05, 0) is 29.5 Å². The van der Waals surface area contributed by atoms with Crippen LogP contribution in [0.2, 0.25) is 5.02 Å². The highest BCUT2D eigenvalue weighted by Gasteiger charge is 2.12. The molecule has 0 saturated heterocycles. The number of tetrazole rings is 1. The molecule has 0 fully saturated rings. The summed E-state index contributed by atoms with van der Waals surface area (Å²) in [6.07, 6.45) is 0.295. The largest absolute Gasteiger partial charge is 0.343 e. The number of aromatic nitrogens is 4. The minimum absolute atomic E-state index is 0.0114. The summed E-state index contributed by atoms with van der Waals surface area (Å²) in [5.74, 6) is 0.254. The second-order valence-corrected chi connectivity index (χ2v) is 4.81. The van der Waals surface area contributed by atoms with E-state index in [1.165, 1.54) is 9.70 Å². The minimum atomic E-state index is -0.176. The zero-order valence-electron chi connectivity index (χ0n) is 11.4. The molecular formula is C13H13ClN6O. The average Bonchev–Trinajstić information content (AvgIpc) is 2.93. The van der Waals surface area contributed by atoms with Gasteiger partial charge in [-0.15, -0.1) is 10.2 Å². The molecule has 2 aromatic rings. The Hall–Kier alpha value is -2.46. The van der Waals surface area contributed by atoms with Gasteiger partial charge in [0.2, 0.25) is 11.7 Å². The van der Waals surface area contributed by atoms with Gasteiger partial charge < -0.3 is 4.90 Å². The molecule has 2 rings (SSSR count). The molecule has 0 unspecified atom stereocenters. The molecule has 7 nitrogen and oxygen atoms in total. The molecule has 8 heteroatoms. The van der Waals surface area contributed by atoms with Crippen molar-refractivity contribution in [3.8, 4) is 17.5 Å². The number of likely N-dealkylation sites (N-methyl/N-ethyl adjacent to an activating group) is 1. The fourth-order valence-corrected chi connectivity index (χ4v) is 1.73. The molecule has 0 aliphatic rings. The number of amides is 1. The molecule has 1 aromatic carbocycles. The van der Waals surface area contributed by atoms with E-state index in [1.807, 2.05) is 6.07 Å². The Bertz CT molecular complexity index is 660. The van der Waals surface area contributed by atoms with Crippen LogP contribution >= 0.6 is 11.6 Å². The molecule has 0 radical (unpaired) electrons. The number of rotatable bonds is 5. The molecule has 1 aromatic heterocycles. The number of nitriles is 1. The molecule has 1 heterocycles. The van der Waals surface area contributed by atoms with E-state index in [2.05, 4.69) is 15.4 Å². The fraction of sp³-hybridized carbons (Fsp3) is 0.308. The van der Waals surface area contributed by atoms with Crippen molar-refractivity contribution in [3.05, 3.63) is 29.3 Å². The molecule has 0 aliphatic carbocycles. The first-order valence-electron chi connectivity index (χ1n) is 6.25. The van der Waals surface area contributed by atoms with Gasteiger partial charge in [-0.2, -0.15) is 10.1 Å². The van der Waals surface area contributed by atoms with Crippen molar-refractivity contribution in [1.29, 1.82) is 5.26 Å². The van der Waals surface area contributed by atoms with Crippen molar-refractivity contribution in [2.45, 2.75) is 13.0 Å². The van der Waals surface area contributed by atoms with Crippen molar-refractivity contribution in [2.24, 2.45) is 0 Å². The quantitative estimate of drug-likeness (QED) is 0.832. The van der Waals surface area contributed by atoms with Gasteiger partial charge in [0.1, 0.15) is 6.54 Å². The summed E-state index contributed by atoms with van der Waals surface area (Å²) in [5.41, 5.74) is 0.774. The summed E-state index contributed by atoms with van der Waals surface area (Å²) in [5, 5.41) is 21.0. The molecule has 21 heavy (non-hydrogen) atoms. The minimum Gasteiger partial charge on any atom is -0.343 e. The van der Waals surface area contributed by atoms with Crippen LogP contribution < -0.4 is 0 Å². The number of carbonyl (C=O) groups is 1. The van der Waals surface area contributed by atoms with Crippen LogP contribution in [0.5, 0.6) is 0 Å². The number of hydrogen-bond donors (Lipinski definition) is 0. The van der Waals surface area contributed by atoms with Gasteiger partial charge in [-0.25, -0.2) is 0 Å². The molecule has 0 saturated carbocycles. The van der Waals surface area contributed by atoms with Crippen LogP contribution in [0.15, 0.2) is 24.3 Å². The highest BCUT2D eigenvalue weighted by atomic mass is 35.5. The molecule has 0 N–H and O–H groups in total. The van der Waals surface area contributed by atoms with E-state index in [9.17, 15) is 4.79 Å². The van der Waals surface area contributed by atoms with E-state index in [-0.39, 0.29) is 12.5 Å². The predicted molar refractivity (Wildman–Crippen MR) is 76.1 cm³/mol. The smallest absolute Gasteiger partial charge is 0.246 e. The van der Waals surface area contributed by atoms with Gasteiger partial charge in [0.25, 0.3) is 0 Å². The maximum Gasteiger partial charge on any atom is 0.246 e. The lowest BCUT2D eigenvalue weighted by molar-refractivity contribution is -0.130. The molecular weight excluding hydrogens is 292 g/mol. The molecule has 108 valence electrons. The zero-order chi connectivity index (χ0) is 15.2. The van der Waals surface area contributed by atoms with Crippen LogP contribution in [0.1, 0.15) is 6.42 Å². The molecule has 0 atom stereocenters. The van der Waals surface area contributed by atoms with E-state index in [0.29, 0.717) is 23.8 Å². The third-order valence-electron chi connectivity index (χ3n) is 2.82. The van der Waals surface area contributed by atoms with Gasteiger partial charge in [-0.3, -0.25) is 4.79 Å². The summed E-state index contributed by atoms with van der Waals surface area (Å²) in [7, 11) is 1.64. The first-order chi connectivity index (χ1) is 10.1. The van der Waals surface area contributed by atoms with E-state index < -0.39 is 0 Å². The summed E-state index contributed by atoms with van der Waals surface area (Å²) >= 11 is 5.81. The van der Waals surface area contributed by atoms with Crippen molar-refractivity contribution < 1.29 is 4.79 Å². The highest BCUT2D eigenvalue weighted by Crippen LogP contribution is 2.16. The number of halogens is 1. The second-order valence-electron chi connectivity index (χ2n) is 4.37. The van der Waals surface area contributed by atoms with Crippen LogP contribution in [-0.2, 0) is 11.3 Å². The first kappa shape index (κ1) is 14.9. The standard InChI is InChI=1S/C13H13ClN6O/c1-19(8-2-7-15)12(21)9-20-17-13(16-18-20)10-3-5-11(14)6-4-10/h3-6H,2,8-9H2,1H3. The number of carbonyl (C=O) groups excluding carboxylic acids is 1. The normalized spacial score (nSPS) is 10.1. The molecule has 0 spiro atoms. The van der Waals surface area contributed by atoms with E-state index in [4.69, 9.17) is 16.9 Å². The van der Waals surface area contributed by atoms with Crippen LogP contribution in [0.25, 0.3) is 11.4 Å². The van der Waals surface area contributed by atoms with Crippen LogP contribution in [0.4, 0.5) is 0 Å². The maximum absolute atomic E-state index is 11.9. The number of nitrogens with zero attached hydrogens (tertiary/aromatic N) is 6. The highest BCUT2D eigenvalue weighted by molar-refractivity contribution is 6.30. The van der Waals surface area contributed by atoms with Gasteiger partial charge in [0, 0.05) is 24.2 Å². The Morgan fingerprint density at radius 1 is 1.43 bits per heavy atom. The SMILES string of the molecule is CN(CCC#N)C(=O)Cn1nnc(-c2ccc(Cl)cc2)n1. The molecule has 1 amide bonds. The van der Waals surface area contributed by atoms with Crippen molar-refractivity contribution in [3.63, 3.8) is 0 Å². The topological polar surface area (TPSA) is 87.7 Å². The van der Waals surface area contributed by atoms with E-state index in [1.54, 1.807) is 31.3 Å². The van der Waals surface area contributed by atoms with E-state index in [0.717, 1.165) is 5.56 Å². The lowest BCUT2D eigenvalue weighted by Gasteiger charge is -2.14. The third-order valence-corrected chi connectivity index (χ3v) is 3.07. The zero-order valence-corrected chi connectivity index (χ0v) is 12.2. The summed E-state index contributed by atoms with van der Waals surface area (Å²) in [6.45, 7) is 0.372. The Morgan fingerprint density at radius 3 is 2.81 bits per heavy atom. The first-order valence-corrected chi connectivity index (χ1v) is 6.62. The lowest BCUT2D eigenvalue weighted by atomic mass is 10.2. The summed E-state index contributed by atoms with van der Waals surface area (Å²) in [4.78, 5) is 14.6. The van der Waals surface area contributed by atoms with Gasteiger partial charge in [-0.1, -0.05) is 11.6 Å². The summed E-state index contributed by atoms with van der Waals surface area (Å²) in [6, 6.07) is 9.03. The van der Waals surface area contributed by atoms with Crippen molar-refractivity contribution in [1.82, 2.24) is 25.1 Å². The Balaban J connectivity index is 2.02. The lowest BCUT2D eigenvalue weighted by Crippen LogP contribution is -2.31. The second kappa shape index (κ2) is 6.81. The number of benzene rings is 1. The molecule has 0 bridgehead atoms. The Morgan fingerprint density at radius 2 is 2.14 bits per heavy atom. The molecule has 0 aliphatic heterocycles. The monoisotopic (exact) mass is 304 g/mol. The van der Waals surface area contributed by atoms with Gasteiger partial charge in [0.05, 0.1) is 12.5 Å². The average molecular weight is 305 g/mol. The Kier molecular flexibility index (Phi) is 4.85. The van der Waals surface area contributed by atoms with E-state index >= 15 is 0 Å². The number of hydrogen-bond acceptors (Lipinski definition) is 5. The fourth-order valence-electron chi connectivity index (χ4n) is 1.61. The van der Waals surface area contributed by atoms with Crippen LogP contribution in [-0.4, -0.2) is 44.6 Å². The van der Waals surface area contributed by atoms with Gasteiger partial charge in [0.15, 0.2) is 0 Å². The van der Waals surface area contributed by atoms with Crippen molar-refractivity contribution in [2.75, 3.05) is 13.6 Å².